The summed E-state index contributed by atoms with van der Waals surface area (Å²) in [5.41, 5.74) is 1.98. The van der Waals surface area contributed by atoms with Gasteiger partial charge in [-0.15, -0.1) is 0 Å². The summed E-state index contributed by atoms with van der Waals surface area (Å²) in [6, 6.07) is 7.14. The van der Waals surface area contributed by atoms with Crippen LogP contribution in [0.4, 0.5) is 0 Å². The van der Waals surface area contributed by atoms with Crippen LogP contribution in [-0.4, -0.2) is 42.6 Å². The number of rotatable bonds is 7. The van der Waals surface area contributed by atoms with Gasteiger partial charge in [0.15, 0.2) is 5.69 Å². The average Bonchev–Trinajstić information content (AvgIpc) is 2.98. The third-order valence-electron chi connectivity index (χ3n) is 4.54. The van der Waals surface area contributed by atoms with Crippen LogP contribution in [0, 0.1) is 0 Å². The molecule has 0 spiro atoms. The fourth-order valence-electron chi connectivity index (χ4n) is 2.83. The Balaban J connectivity index is 1.78. The number of ether oxygens (including phenoxy) is 1. The highest BCUT2D eigenvalue weighted by Crippen LogP contribution is 2.23. The number of amides is 1. The van der Waals surface area contributed by atoms with Gasteiger partial charge in [0.2, 0.25) is 0 Å². The Morgan fingerprint density at radius 3 is 2.86 bits per heavy atom. The summed E-state index contributed by atoms with van der Waals surface area (Å²) in [4.78, 5) is 17.2. The van der Waals surface area contributed by atoms with Gasteiger partial charge in [-0.3, -0.25) is 9.79 Å². The third-order valence-corrected chi connectivity index (χ3v) is 6.74. The summed E-state index contributed by atoms with van der Waals surface area (Å²) in [6.45, 7) is 10.0. The number of carbonyl (C=O) groups is 1. The topological polar surface area (TPSA) is 68.5 Å². The SMILES string of the molecule is CC1CC=C(NC(=O)c2nn(COCC[Si](C)(C)C)c3cc(Br)ccc23)C=N1. The number of nitrogens with zero attached hydrogens (tertiary/aromatic N) is 3. The maximum atomic E-state index is 12.8. The quantitative estimate of drug-likeness (QED) is 0.483. The zero-order chi connectivity index (χ0) is 20.3. The molecule has 0 saturated heterocycles. The maximum Gasteiger partial charge on any atom is 0.276 e. The van der Waals surface area contributed by atoms with E-state index in [-0.39, 0.29) is 11.9 Å². The summed E-state index contributed by atoms with van der Waals surface area (Å²) in [6.07, 6.45) is 4.52. The standard InChI is InChI=1S/C20H27BrN4O2Si/c1-14-5-7-16(12-22-14)23-20(26)19-17-8-6-15(21)11-18(17)25(24-19)13-27-9-10-28(2,3)4/h6-8,11-12,14H,5,9-10,13H2,1-4H3,(H,23,26). The molecule has 0 bridgehead atoms. The first kappa shape index (κ1) is 20.9. The van der Waals surface area contributed by atoms with E-state index in [9.17, 15) is 4.79 Å². The maximum absolute atomic E-state index is 12.8. The molecule has 1 amide bonds. The van der Waals surface area contributed by atoms with Gasteiger partial charge in [-0.05, 0) is 37.6 Å². The fourth-order valence-corrected chi connectivity index (χ4v) is 3.94. The van der Waals surface area contributed by atoms with Crippen molar-refractivity contribution in [3.63, 3.8) is 0 Å². The first-order valence-corrected chi connectivity index (χ1v) is 14.0. The molecular formula is C20H27BrN4O2Si. The lowest BCUT2D eigenvalue weighted by molar-refractivity contribution is 0.0806. The van der Waals surface area contributed by atoms with Gasteiger partial charge >= 0.3 is 0 Å². The molecule has 1 aromatic carbocycles. The van der Waals surface area contributed by atoms with Crippen LogP contribution in [0.15, 0.2) is 39.4 Å². The van der Waals surface area contributed by atoms with Gasteiger partial charge in [0, 0.05) is 30.8 Å². The normalized spacial score (nSPS) is 17.0. The molecular weight excluding hydrogens is 436 g/mol. The van der Waals surface area contributed by atoms with Crippen molar-refractivity contribution >= 4 is 47.0 Å². The highest BCUT2D eigenvalue weighted by Gasteiger charge is 2.19. The van der Waals surface area contributed by atoms with Crippen molar-refractivity contribution in [2.24, 2.45) is 4.99 Å². The van der Waals surface area contributed by atoms with Crippen LogP contribution < -0.4 is 5.32 Å². The van der Waals surface area contributed by atoms with Crippen molar-refractivity contribution in [1.82, 2.24) is 15.1 Å². The summed E-state index contributed by atoms with van der Waals surface area (Å²) in [5.74, 6) is -0.236. The van der Waals surface area contributed by atoms with E-state index >= 15 is 0 Å². The number of allylic oxidation sites excluding steroid dienone is 1. The summed E-state index contributed by atoms with van der Waals surface area (Å²) < 4.78 is 8.55. The van der Waals surface area contributed by atoms with Crippen molar-refractivity contribution in [3.05, 3.63) is 40.1 Å². The predicted octanol–water partition coefficient (Wildman–Crippen LogP) is 4.59. The molecule has 150 valence electrons. The van der Waals surface area contributed by atoms with E-state index in [4.69, 9.17) is 4.74 Å². The van der Waals surface area contributed by atoms with Gasteiger partial charge in [-0.2, -0.15) is 5.10 Å². The second-order valence-corrected chi connectivity index (χ2v) is 14.9. The number of fused-ring (bicyclic) bond motifs is 1. The fraction of sp³-hybridized carbons (Fsp3) is 0.450. The molecule has 1 N–H and O–H groups in total. The lowest BCUT2D eigenvalue weighted by atomic mass is 10.1. The van der Waals surface area contributed by atoms with Gasteiger partial charge in [0.25, 0.3) is 5.91 Å². The Morgan fingerprint density at radius 2 is 2.18 bits per heavy atom. The molecule has 0 saturated carbocycles. The minimum Gasteiger partial charge on any atom is -0.360 e. The molecule has 1 aromatic heterocycles. The van der Waals surface area contributed by atoms with Crippen LogP contribution in [0.25, 0.3) is 10.9 Å². The van der Waals surface area contributed by atoms with Crippen LogP contribution in [0.3, 0.4) is 0 Å². The van der Waals surface area contributed by atoms with E-state index in [2.05, 4.69) is 51.0 Å². The summed E-state index contributed by atoms with van der Waals surface area (Å²) >= 11 is 3.50. The Kier molecular flexibility index (Phi) is 6.52. The van der Waals surface area contributed by atoms with Crippen LogP contribution in [0.1, 0.15) is 23.8 Å². The smallest absolute Gasteiger partial charge is 0.276 e. The number of hydrogen-bond donors (Lipinski definition) is 1. The van der Waals surface area contributed by atoms with Gasteiger partial charge in [-0.1, -0.05) is 41.6 Å². The van der Waals surface area contributed by atoms with Crippen molar-refractivity contribution in [1.29, 1.82) is 0 Å². The van der Waals surface area contributed by atoms with E-state index in [1.54, 1.807) is 10.9 Å². The Bertz CT molecular complexity index is 930. The lowest BCUT2D eigenvalue weighted by Gasteiger charge is -2.15. The average molecular weight is 463 g/mol. The van der Waals surface area contributed by atoms with Crippen molar-refractivity contribution < 1.29 is 9.53 Å². The molecule has 0 radical (unpaired) electrons. The number of benzene rings is 1. The van der Waals surface area contributed by atoms with Crippen LogP contribution in [-0.2, 0) is 11.5 Å². The molecule has 28 heavy (non-hydrogen) atoms. The molecule has 1 aliphatic rings. The zero-order valence-corrected chi connectivity index (χ0v) is 19.4. The Labute approximate surface area is 175 Å². The number of aliphatic imine (C=N–C) groups is 1. The number of halogens is 1. The number of nitrogens with one attached hydrogen (secondary N) is 1. The highest BCUT2D eigenvalue weighted by molar-refractivity contribution is 9.10. The van der Waals surface area contributed by atoms with Crippen LogP contribution in [0.2, 0.25) is 25.7 Å². The Morgan fingerprint density at radius 1 is 1.39 bits per heavy atom. The summed E-state index contributed by atoms with van der Waals surface area (Å²) in [7, 11) is -1.15. The lowest BCUT2D eigenvalue weighted by Crippen LogP contribution is -2.26. The van der Waals surface area contributed by atoms with E-state index in [0.717, 1.165) is 27.8 Å². The molecule has 1 unspecified atom stereocenters. The molecule has 2 aromatic rings. The van der Waals surface area contributed by atoms with Crippen LogP contribution in [0.5, 0.6) is 0 Å². The van der Waals surface area contributed by atoms with Crippen molar-refractivity contribution in [2.45, 2.75) is 51.8 Å². The molecule has 1 atom stereocenters. The van der Waals surface area contributed by atoms with E-state index in [1.807, 2.05) is 31.2 Å². The predicted molar refractivity (Wildman–Crippen MR) is 120 cm³/mol. The number of hydrogen-bond acceptors (Lipinski definition) is 4. The molecule has 8 heteroatoms. The molecule has 3 rings (SSSR count). The number of carbonyl (C=O) groups excluding carboxylic acids is 1. The van der Waals surface area contributed by atoms with Gasteiger partial charge in [-0.25, -0.2) is 4.68 Å². The highest BCUT2D eigenvalue weighted by atomic mass is 79.9. The minimum absolute atomic E-state index is 0.236. The second kappa shape index (κ2) is 8.71. The largest absolute Gasteiger partial charge is 0.360 e. The summed E-state index contributed by atoms with van der Waals surface area (Å²) in [5, 5.41) is 8.26. The number of dihydropyridines is 1. The minimum atomic E-state index is -1.15. The molecule has 1 aliphatic heterocycles. The third kappa shape index (κ3) is 5.39. The van der Waals surface area contributed by atoms with Gasteiger partial charge < -0.3 is 10.1 Å². The van der Waals surface area contributed by atoms with E-state index < -0.39 is 8.07 Å². The molecule has 0 fully saturated rings. The second-order valence-electron chi connectivity index (χ2n) is 8.33. The first-order valence-electron chi connectivity index (χ1n) is 9.51. The van der Waals surface area contributed by atoms with E-state index in [1.165, 1.54) is 0 Å². The monoisotopic (exact) mass is 462 g/mol. The Hall–Kier alpha value is -1.77. The molecule has 6 nitrogen and oxygen atoms in total. The molecule has 2 heterocycles. The first-order chi connectivity index (χ1) is 13.2. The van der Waals surface area contributed by atoms with Gasteiger partial charge in [0.1, 0.15) is 6.73 Å². The van der Waals surface area contributed by atoms with Crippen LogP contribution >= 0.6 is 15.9 Å². The van der Waals surface area contributed by atoms with Crippen molar-refractivity contribution in [3.8, 4) is 0 Å². The van der Waals surface area contributed by atoms with E-state index in [0.29, 0.717) is 24.7 Å². The van der Waals surface area contributed by atoms with Gasteiger partial charge in [0.05, 0.1) is 17.3 Å². The molecule has 0 aliphatic carbocycles. The van der Waals surface area contributed by atoms with Crippen molar-refractivity contribution in [2.75, 3.05) is 6.61 Å². The zero-order valence-electron chi connectivity index (χ0n) is 16.8. The number of aromatic nitrogens is 2.